The molecular weight excluding hydrogens is 204 g/mol. The van der Waals surface area contributed by atoms with Crippen LogP contribution in [-0.4, -0.2) is 0 Å². The number of allylic oxidation sites excluding steroid dienone is 6. The third kappa shape index (κ3) is 2.41. The molecule has 1 fully saturated rings. The van der Waals surface area contributed by atoms with Crippen molar-refractivity contribution in [2.75, 3.05) is 0 Å². The summed E-state index contributed by atoms with van der Waals surface area (Å²) in [6.45, 7) is 0. The lowest BCUT2D eigenvalue weighted by Crippen LogP contribution is -2.26. The minimum Gasteiger partial charge on any atom is -0.0882 e. The number of fused-ring (bicyclic) bond motifs is 3. The summed E-state index contributed by atoms with van der Waals surface area (Å²) in [7, 11) is 0. The summed E-state index contributed by atoms with van der Waals surface area (Å²) in [5.74, 6) is 3.30. The molecule has 0 N–H and O–H groups in total. The maximum absolute atomic E-state index is 2.55. The lowest BCUT2D eigenvalue weighted by atomic mass is 9.71. The van der Waals surface area contributed by atoms with Crippen LogP contribution >= 0.6 is 0 Å². The summed E-state index contributed by atoms with van der Waals surface area (Å²) in [4.78, 5) is 0. The van der Waals surface area contributed by atoms with Gasteiger partial charge < -0.3 is 0 Å². The summed E-state index contributed by atoms with van der Waals surface area (Å²) in [5.41, 5.74) is 0. The summed E-state index contributed by atoms with van der Waals surface area (Å²) in [6, 6.07) is 0. The minimum atomic E-state index is 0.684. The van der Waals surface area contributed by atoms with Gasteiger partial charge in [0.1, 0.15) is 0 Å². The van der Waals surface area contributed by atoms with Gasteiger partial charge in [-0.15, -0.1) is 0 Å². The largest absolute Gasteiger partial charge is 0.0882 e. The lowest BCUT2D eigenvalue weighted by Gasteiger charge is -2.33. The van der Waals surface area contributed by atoms with Crippen molar-refractivity contribution in [2.24, 2.45) is 23.7 Å². The van der Waals surface area contributed by atoms with Crippen molar-refractivity contribution in [1.82, 2.24) is 0 Å². The van der Waals surface area contributed by atoms with E-state index in [1.807, 2.05) is 0 Å². The van der Waals surface area contributed by atoms with E-state index in [1.165, 1.54) is 44.9 Å². The predicted molar refractivity (Wildman–Crippen MR) is 73.7 cm³/mol. The molecule has 0 aromatic heterocycles. The van der Waals surface area contributed by atoms with E-state index >= 15 is 0 Å². The molecule has 0 saturated heterocycles. The van der Waals surface area contributed by atoms with Crippen LogP contribution in [0.25, 0.3) is 0 Å². The summed E-state index contributed by atoms with van der Waals surface area (Å²) >= 11 is 0. The first-order chi connectivity index (χ1) is 8.45. The van der Waals surface area contributed by atoms with Gasteiger partial charge in [0.2, 0.25) is 0 Å². The molecule has 0 heteroatoms. The van der Waals surface area contributed by atoms with Gasteiger partial charge in [-0.1, -0.05) is 42.9 Å². The van der Waals surface area contributed by atoms with Gasteiger partial charge in [-0.25, -0.2) is 0 Å². The molecule has 3 aliphatic carbocycles. The Labute approximate surface area is 105 Å². The second-order valence-electron chi connectivity index (χ2n) is 5.94. The first-order valence-electron chi connectivity index (χ1n) is 7.47. The Bertz CT molecular complexity index is 334. The van der Waals surface area contributed by atoms with Gasteiger partial charge >= 0.3 is 0 Å². The monoisotopic (exact) mass is 228 g/mol. The first-order valence-corrected chi connectivity index (χ1v) is 7.47. The highest BCUT2D eigenvalue weighted by atomic mass is 14.4. The highest BCUT2D eigenvalue weighted by molar-refractivity contribution is 5.17. The molecule has 0 radical (unpaired) electrons. The molecule has 17 heavy (non-hydrogen) atoms. The smallest absolute Gasteiger partial charge is 0.00123 e. The van der Waals surface area contributed by atoms with Gasteiger partial charge in [-0.3, -0.25) is 0 Å². The highest BCUT2D eigenvalue weighted by Crippen LogP contribution is 2.45. The number of rotatable bonds is 0. The second-order valence-corrected chi connectivity index (χ2v) is 5.94. The SMILES string of the molecule is C1=C[C@H]2/C=C/CCCC/C=C/[C@@H]2[C@H]2CCC[C@@H]12. The van der Waals surface area contributed by atoms with Gasteiger partial charge in [0.05, 0.1) is 0 Å². The average molecular weight is 228 g/mol. The molecule has 0 unspecified atom stereocenters. The van der Waals surface area contributed by atoms with Crippen molar-refractivity contribution >= 4 is 0 Å². The van der Waals surface area contributed by atoms with E-state index in [-0.39, 0.29) is 0 Å². The van der Waals surface area contributed by atoms with Crippen LogP contribution in [0.1, 0.15) is 44.9 Å². The molecule has 4 atom stereocenters. The topological polar surface area (TPSA) is 0 Å². The Morgan fingerprint density at radius 1 is 0.706 bits per heavy atom. The van der Waals surface area contributed by atoms with Crippen LogP contribution in [0.2, 0.25) is 0 Å². The van der Waals surface area contributed by atoms with Crippen molar-refractivity contribution in [3.05, 3.63) is 36.5 Å². The zero-order valence-electron chi connectivity index (χ0n) is 10.7. The average Bonchev–Trinajstić information content (AvgIpc) is 2.83. The Hall–Kier alpha value is -0.780. The van der Waals surface area contributed by atoms with Crippen LogP contribution < -0.4 is 0 Å². The van der Waals surface area contributed by atoms with Crippen molar-refractivity contribution in [2.45, 2.75) is 44.9 Å². The lowest BCUT2D eigenvalue weighted by molar-refractivity contribution is 0.293. The molecule has 0 amide bonds. The van der Waals surface area contributed by atoms with Crippen LogP contribution in [0.3, 0.4) is 0 Å². The molecule has 1 saturated carbocycles. The standard InChI is InChI=1S/C17H24/c1-2-4-6-10-16-14(8-5-3-1)12-13-15-9-7-11-17(15)16/h5-6,8,10,12-17H,1-4,7,9,11H2/b8-5+,10-6+/t14-,15+,16+,17+/m1/s1. The fourth-order valence-electron chi connectivity index (χ4n) is 3.91. The Kier molecular flexibility index (Phi) is 3.49. The van der Waals surface area contributed by atoms with Crippen LogP contribution in [0, 0.1) is 23.7 Å². The maximum atomic E-state index is 2.55. The van der Waals surface area contributed by atoms with Gasteiger partial charge in [0, 0.05) is 5.92 Å². The molecule has 0 nitrogen and oxygen atoms in total. The molecule has 0 aromatic rings. The predicted octanol–water partition coefficient (Wildman–Crippen LogP) is 4.89. The van der Waals surface area contributed by atoms with E-state index in [2.05, 4.69) is 36.5 Å². The minimum absolute atomic E-state index is 0.684. The van der Waals surface area contributed by atoms with Crippen LogP contribution in [-0.2, 0) is 0 Å². The highest BCUT2D eigenvalue weighted by Gasteiger charge is 2.36. The number of hydrogen-bond donors (Lipinski definition) is 0. The molecule has 3 aliphatic rings. The van der Waals surface area contributed by atoms with Gasteiger partial charge in [-0.05, 0) is 56.3 Å². The zero-order chi connectivity index (χ0) is 11.5. The molecule has 0 aromatic carbocycles. The molecule has 0 aliphatic heterocycles. The molecule has 0 heterocycles. The Balaban J connectivity index is 1.84. The summed E-state index contributed by atoms with van der Waals surface area (Å²) in [6.07, 6.45) is 24.5. The van der Waals surface area contributed by atoms with Crippen LogP contribution in [0.15, 0.2) is 36.5 Å². The molecule has 0 bridgehead atoms. The summed E-state index contributed by atoms with van der Waals surface area (Å²) in [5, 5.41) is 0. The van der Waals surface area contributed by atoms with Gasteiger partial charge in [0.15, 0.2) is 0 Å². The van der Waals surface area contributed by atoms with Gasteiger partial charge in [0.25, 0.3) is 0 Å². The second kappa shape index (κ2) is 5.25. The van der Waals surface area contributed by atoms with E-state index < -0.39 is 0 Å². The van der Waals surface area contributed by atoms with E-state index in [9.17, 15) is 0 Å². The number of hydrogen-bond acceptors (Lipinski definition) is 0. The quantitative estimate of drug-likeness (QED) is 0.518. The van der Waals surface area contributed by atoms with Crippen molar-refractivity contribution in [3.8, 4) is 0 Å². The molecule has 3 rings (SSSR count). The zero-order valence-corrected chi connectivity index (χ0v) is 10.7. The fraction of sp³-hybridized carbons (Fsp3) is 0.647. The molecule has 92 valence electrons. The van der Waals surface area contributed by atoms with Gasteiger partial charge in [-0.2, -0.15) is 0 Å². The maximum Gasteiger partial charge on any atom is 0.00123 e. The van der Waals surface area contributed by atoms with Crippen LogP contribution in [0.5, 0.6) is 0 Å². The van der Waals surface area contributed by atoms with Crippen molar-refractivity contribution < 1.29 is 0 Å². The van der Waals surface area contributed by atoms with E-state index in [0.29, 0.717) is 5.92 Å². The third-order valence-corrected chi connectivity index (χ3v) is 4.85. The Morgan fingerprint density at radius 3 is 2.41 bits per heavy atom. The fourth-order valence-corrected chi connectivity index (χ4v) is 3.91. The van der Waals surface area contributed by atoms with Crippen molar-refractivity contribution in [3.63, 3.8) is 0 Å². The Morgan fingerprint density at radius 2 is 1.53 bits per heavy atom. The molecule has 0 spiro atoms. The summed E-state index contributed by atoms with van der Waals surface area (Å²) < 4.78 is 0. The normalized spacial score (nSPS) is 44.7. The molecular formula is C17H24. The van der Waals surface area contributed by atoms with Crippen LogP contribution in [0.4, 0.5) is 0 Å². The van der Waals surface area contributed by atoms with E-state index in [1.54, 1.807) is 0 Å². The van der Waals surface area contributed by atoms with Crippen molar-refractivity contribution in [1.29, 1.82) is 0 Å². The van der Waals surface area contributed by atoms with E-state index in [4.69, 9.17) is 0 Å². The first kappa shape index (κ1) is 11.3. The van der Waals surface area contributed by atoms with E-state index in [0.717, 1.165) is 17.8 Å². The third-order valence-electron chi connectivity index (χ3n) is 4.85.